The maximum absolute atomic E-state index is 13.0. The van der Waals surface area contributed by atoms with E-state index in [0.29, 0.717) is 29.2 Å². The number of aromatic nitrogens is 2. The van der Waals surface area contributed by atoms with Gasteiger partial charge in [-0.15, -0.1) is 0 Å². The SMILES string of the molecule is Cc1cc(OCc2ccc(C(=O)Nc3cc(C)n(Cc4cccc(C(F)(F)F)c4)n3)cc2)cc(C)c1Cl. The first-order valence-electron chi connectivity index (χ1n) is 11.5. The van der Waals surface area contributed by atoms with Crippen molar-refractivity contribution in [2.24, 2.45) is 0 Å². The minimum atomic E-state index is -4.41. The Balaban J connectivity index is 1.37. The van der Waals surface area contributed by atoms with Gasteiger partial charge in [0.05, 0.1) is 12.1 Å². The van der Waals surface area contributed by atoms with Crippen LogP contribution < -0.4 is 10.1 Å². The van der Waals surface area contributed by atoms with Crippen LogP contribution in [0.4, 0.5) is 19.0 Å². The fourth-order valence-electron chi connectivity index (χ4n) is 3.85. The number of carbonyl (C=O) groups excluding carboxylic acids is 1. The third kappa shape index (κ3) is 6.51. The summed E-state index contributed by atoms with van der Waals surface area (Å²) in [6.45, 7) is 6.10. The van der Waals surface area contributed by atoms with Crippen molar-refractivity contribution in [1.82, 2.24) is 9.78 Å². The van der Waals surface area contributed by atoms with E-state index in [0.717, 1.165) is 39.6 Å². The Bertz CT molecular complexity index is 1410. The van der Waals surface area contributed by atoms with E-state index in [1.54, 1.807) is 35.9 Å². The van der Waals surface area contributed by atoms with Crippen LogP contribution in [0, 0.1) is 20.8 Å². The first-order chi connectivity index (χ1) is 17.5. The van der Waals surface area contributed by atoms with Crippen LogP contribution in [0.5, 0.6) is 5.75 Å². The highest BCUT2D eigenvalue weighted by molar-refractivity contribution is 6.32. The van der Waals surface area contributed by atoms with Crippen molar-refractivity contribution in [1.29, 1.82) is 0 Å². The van der Waals surface area contributed by atoms with Crippen LogP contribution in [-0.4, -0.2) is 15.7 Å². The highest BCUT2D eigenvalue weighted by atomic mass is 35.5. The number of carbonyl (C=O) groups is 1. The summed E-state index contributed by atoms with van der Waals surface area (Å²) in [4.78, 5) is 12.7. The van der Waals surface area contributed by atoms with E-state index >= 15 is 0 Å². The van der Waals surface area contributed by atoms with Crippen molar-refractivity contribution in [3.63, 3.8) is 0 Å². The van der Waals surface area contributed by atoms with E-state index in [9.17, 15) is 18.0 Å². The number of anilines is 1. The topological polar surface area (TPSA) is 56.1 Å². The van der Waals surface area contributed by atoms with Gasteiger partial charge in [-0.25, -0.2) is 0 Å². The molecule has 1 N–H and O–H groups in total. The molecule has 1 aromatic heterocycles. The quantitative estimate of drug-likeness (QED) is 0.273. The van der Waals surface area contributed by atoms with Crippen LogP contribution in [0.2, 0.25) is 5.02 Å². The molecule has 1 amide bonds. The van der Waals surface area contributed by atoms with Gasteiger partial charge in [0.2, 0.25) is 0 Å². The number of nitrogens with one attached hydrogen (secondary N) is 1. The summed E-state index contributed by atoms with van der Waals surface area (Å²) in [6, 6.07) is 17.5. The lowest BCUT2D eigenvalue weighted by atomic mass is 10.1. The van der Waals surface area contributed by atoms with Gasteiger partial charge in [0.15, 0.2) is 5.82 Å². The molecule has 0 aliphatic heterocycles. The summed E-state index contributed by atoms with van der Waals surface area (Å²) in [7, 11) is 0. The average Bonchev–Trinajstić information content (AvgIpc) is 3.19. The summed E-state index contributed by atoms with van der Waals surface area (Å²) in [6.07, 6.45) is -4.41. The van der Waals surface area contributed by atoms with Gasteiger partial charge in [-0.1, -0.05) is 35.9 Å². The Hall–Kier alpha value is -3.78. The van der Waals surface area contributed by atoms with Crippen LogP contribution in [-0.2, 0) is 19.3 Å². The summed E-state index contributed by atoms with van der Waals surface area (Å²) in [5.74, 6) is 0.688. The van der Waals surface area contributed by atoms with Crippen LogP contribution >= 0.6 is 11.6 Å². The minimum Gasteiger partial charge on any atom is -0.489 e. The fourth-order valence-corrected chi connectivity index (χ4v) is 3.96. The van der Waals surface area contributed by atoms with E-state index in [1.807, 2.05) is 38.1 Å². The maximum atomic E-state index is 13.0. The van der Waals surface area contributed by atoms with E-state index in [2.05, 4.69) is 10.4 Å². The van der Waals surface area contributed by atoms with Gasteiger partial charge in [0, 0.05) is 22.3 Å². The van der Waals surface area contributed by atoms with Crippen molar-refractivity contribution in [2.75, 3.05) is 5.32 Å². The molecule has 4 aromatic rings. The number of aryl methyl sites for hydroxylation is 3. The van der Waals surface area contributed by atoms with Gasteiger partial charge in [0.1, 0.15) is 12.4 Å². The molecule has 37 heavy (non-hydrogen) atoms. The second kappa shape index (κ2) is 10.7. The first kappa shape index (κ1) is 26.3. The Morgan fingerprint density at radius 3 is 2.30 bits per heavy atom. The first-order valence-corrected chi connectivity index (χ1v) is 11.9. The predicted molar refractivity (Wildman–Crippen MR) is 137 cm³/mol. The molecule has 9 heteroatoms. The number of halogens is 4. The number of benzene rings is 3. The molecule has 192 valence electrons. The fraction of sp³-hybridized carbons (Fsp3) is 0.214. The predicted octanol–water partition coefficient (Wildman–Crippen LogP) is 7.36. The molecule has 0 atom stereocenters. The molecule has 0 bridgehead atoms. The molecule has 0 aliphatic rings. The number of amides is 1. The van der Waals surface area contributed by atoms with Crippen molar-refractivity contribution in [3.05, 3.63) is 111 Å². The Kier molecular flexibility index (Phi) is 7.59. The number of hydrogen-bond acceptors (Lipinski definition) is 3. The largest absolute Gasteiger partial charge is 0.489 e. The van der Waals surface area contributed by atoms with Crippen LogP contribution in [0.25, 0.3) is 0 Å². The molecule has 5 nitrogen and oxygen atoms in total. The van der Waals surface area contributed by atoms with Crippen molar-refractivity contribution in [2.45, 2.75) is 40.1 Å². The molecule has 0 aliphatic carbocycles. The molecule has 0 saturated heterocycles. The zero-order valence-corrected chi connectivity index (χ0v) is 21.2. The number of hydrogen-bond donors (Lipinski definition) is 1. The normalized spacial score (nSPS) is 11.4. The summed E-state index contributed by atoms with van der Waals surface area (Å²) < 4.78 is 46.4. The number of nitrogens with zero attached hydrogens (tertiary/aromatic N) is 2. The minimum absolute atomic E-state index is 0.146. The highest BCUT2D eigenvalue weighted by Crippen LogP contribution is 2.30. The van der Waals surface area contributed by atoms with Crippen molar-refractivity contribution >= 4 is 23.3 Å². The lowest BCUT2D eigenvalue weighted by Gasteiger charge is -2.10. The highest BCUT2D eigenvalue weighted by Gasteiger charge is 2.30. The molecular weight excluding hydrogens is 503 g/mol. The Morgan fingerprint density at radius 2 is 1.65 bits per heavy atom. The van der Waals surface area contributed by atoms with Crippen LogP contribution in [0.3, 0.4) is 0 Å². The van der Waals surface area contributed by atoms with Crippen molar-refractivity contribution < 1.29 is 22.7 Å². The molecule has 3 aromatic carbocycles. The molecular formula is C28H25ClF3N3O2. The second-order valence-electron chi connectivity index (χ2n) is 8.84. The van der Waals surface area contributed by atoms with E-state index in [-0.39, 0.29) is 12.5 Å². The van der Waals surface area contributed by atoms with Crippen LogP contribution in [0.1, 0.15) is 43.9 Å². The lowest BCUT2D eigenvalue weighted by Crippen LogP contribution is -2.13. The van der Waals surface area contributed by atoms with Crippen molar-refractivity contribution in [3.8, 4) is 5.75 Å². The van der Waals surface area contributed by atoms with Gasteiger partial charge in [0.25, 0.3) is 5.91 Å². The second-order valence-corrected chi connectivity index (χ2v) is 9.22. The standard InChI is InChI=1S/C28H25ClF3N3O2/c1-17-11-24(12-18(2)26(17)29)37-16-20-7-9-22(10-8-20)27(36)33-25-13-19(3)35(34-25)15-21-5-4-6-23(14-21)28(30,31)32/h4-14H,15-16H2,1-3H3,(H,33,34,36). The molecule has 1 heterocycles. The van der Waals surface area contributed by atoms with Gasteiger partial charge in [-0.05, 0) is 79.4 Å². The monoisotopic (exact) mass is 527 g/mol. The Labute approximate surface area is 217 Å². The van der Waals surface area contributed by atoms with E-state index < -0.39 is 11.7 Å². The third-order valence-electron chi connectivity index (χ3n) is 5.84. The van der Waals surface area contributed by atoms with Gasteiger partial charge in [-0.2, -0.15) is 18.3 Å². The van der Waals surface area contributed by atoms with E-state index in [4.69, 9.17) is 16.3 Å². The number of rotatable bonds is 7. The van der Waals surface area contributed by atoms with Gasteiger partial charge in [-0.3, -0.25) is 9.48 Å². The number of ether oxygens (including phenoxy) is 1. The summed E-state index contributed by atoms with van der Waals surface area (Å²) >= 11 is 6.20. The average molecular weight is 528 g/mol. The lowest BCUT2D eigenvalue weighted by molar-refractivity contribution is -0.137. The van der Waals surface area contributed by atoms with Gasteiger partial charge >= 0.3 is 6.18 Å². The summed E-state index contributed by atoms with van der Waals surface area (Å²) in [5.41, 5.74) is 3.66. The summed E-state index contributed by atoms with van der Waals surface area (Å²) in [5, 5.41) is 7.80. The van der Waals surface area contributed by atoms with Gasteiger partial charge < -0.3 is 10.1 Å². The molecule has 0 radical (unpaired) electrons. The molecule has 0 saturated carbocycles. The Morgan fingerprint density at radius 1 is 0.973 bits per heavy atom. The van der Waals surface area contributed by atoms with Crippen LogP contribution in [0.15, 0.2) is 66.7 Å². The molecule has 0 fully saturated rings. The maximum Gasteiger partial charge on any atom is 0.416 e. The molecule has 0 unspecified atom stereocenters. The zero-order chi connectivity index (χ0) is 26.7. The third-order valence-corrected chi connectivity index (χ3v) is 6.44. The smallest absolute Gasteiger partial charge is 0.416 e. The number of alkyl halides is 3. The van der Waals surface area contributed by atoms with E-state index in [1.165, 1.54) is 6.07 Å². The molecule has 4 rings (SSSR count). The zero-order valence-electron chi connectivity index (χ0n) is 20.5. The molecule has 0 spiro atoms.